The number of β-amino-alcohol motifs (C(OH)–C–C–N with tert-alkyl or cyclic N) is 1. The van der Waals surface area contributed by atoms with E-state index in [0.717, 1.165) is 31.4 Å². The molecule has 23 heavy (non-hydrogen) atoms. The van der Waals surface area contributed by atoms with Gasteiger partial charge in [0.05, 0.1) is 6.10 Å². The molecule has 0 amide bonds. The van der Waals surface area contributed by atoms with Crippen molar-refractivity contribution in [3.8, 4) is 0 Å². The van der Waals surface area contributed by atoms with Crippen molar-refractivity contribution in [2.75, 3.05) is 29.0 Å². The van der Waals surface area contributed by atoms with Crippen LogP contribution >= 0.6 is 0 Å². The van der Waals surface area contributed by atoms with E-state index in [1.165, 1.54) is 12.5 Å². The van der Waals surface area contributed by atoms with Crippen LogP contribution in [-0.4, -0.2) is 45.5 Å². The zero-order chi connectivity index (χ0) is 16.2. The second-order valence-corrected chi connectivity index (χ2v) is 5.47. The number of nitrogens with zero attached hydrogens (tertiary/aromatic N) is 4. The van der Waals surface area contributed by atoms with Gasteiger partial charge >= 0.3 is 0 Å². The van der Waals surface area contributed by atoms with Gasteiger partial charge in [0.15, 0.2) is 0 Å². The van der Waals surface area contributed by atoms with E-state index in [1.54, 1.807) is 6.07 Å². The summed E-state index contributed by atoms with van der Waals surface area (Å²) in [7, 11) is 0. The van der Waals surface area contributed by atoms with Gasteiger partial charge in [0.2, 0.25) is 0 Å². The van der Waals surface area contributed by atoms with Gasteiger partial charge in [0.25, 0.3) is 0 Å². The number of pyridine rings is 1. The van der Waals surface area contributed by atoms with E-state index in [4.69, 9.17) is 11.1 Å². The summed E-state index contributed by atoms with van der Waals surface area (Å²) in [4.78, 5) is 14.7. The zero-order valence-electron chi connectivity index (χ0n) is 12.6. The summed E-state index contributed by atoms with van der Waals surface area (Å²) in [5.74, 6) is 1.92. The lowest BCUT2D eigenvalue weighted by Crippen LogP contribution is -2.38. The summed E-state index contributed by atoms with van der Waals surface area (Å²) in [5.41, 5.74) is 6.90. The Balaban J connectivity index is 1.77. The number of nitrogen functional groups attached to an aromatic ring is 1. The number of nitrogens with one attached hydrogen (secondary N) is 2. The second-order valence-electron chi connectivity index (χ2n) is 5.47. The molecule has 1 aliphatic rings. The molecule has 120 valence electrons. The maximum absolute atomic E-state index is 9.78. The monoisotopic (exact) mass is 313 g/mol. The van der Waals surface area contributed by atoms with Crippen LogP contribution in [0.3, 0.4) is 0 Å². The van der Waals surface area contributed by atoms with Crippen LogP contribution in [-0.2, 0) is 0 Å². The first-order chi connectivity index (χ1) is 11.2. The average Bonchev–Trinajstić information content (AvgIpc) is 2.55. The molecular weight excluding hydrogens is 294 g/mol. The van der Waals surface area contributed by atoms with Gasteiger partial charge in [-0.3, -0.25) is 0 Å². The molecule has 3 heterocycles. The number of hydrogen-bond acceptors (Lipinski definition) is 8. The molecule has 0 unspecified atom stereocenters. The fourth-order valence-electron chi connectivity index (χ4n) is 2.55. The van der Waals surface area contributed by atoms with Crippen molar-refractivity contribution in [2.45, 2.75) is 18.9 Å². The van der Waals surface area contributed by atoms with E-state index in [1.807, 2.05) is 11.0 Å². The highest BCUT2D eigenvalue weighted by Crippen LogP contribution is 2.22. The maximum atomic E-state index is 9.78. The minimum Gasteiger partial charge on any atom is -0.398 e. The number of piperidine rings is 1. The van der Waals surface area contributed by atoms with E-state index < -0.39 is 0 Å². The summed E-state index contributed by atoms with van der Waals surface area (Å²) in [6, 6.07) is 3.48. The van der Waals surface area contributed by atoms with Crippen LogP contribution in [0, 0.1) is 5.41 Å². The predicted octanol–water partition coefficient (Wildman–Crippen LogP) is 1.16. The third-order valence-corrected chi connectivity index (χ3v) is 3.75. The van der Waals surface area contributed by atoms with Gasteiger partial charge in [0.1, 0.15) is 23.8 Å². The number of aromatic nitrogens is 3. The summed E-state index contributed by atoms with van der Waals surface area (Å²) in [6.45, 7) is 1.45. The fraction of sp³-hybridized carbons (Fsp3) is 0.333. The van der Waals surface area contributed by atoms with Crippen LogP contribution in [0.15, 0.2) is 24.7 Å². The highest BCUT2D eigenvalue weighted by atomic mass is 16.3. The fourth-order valence-corrected chi connectivity index (χ4v) is 2.55. The van der Waals surface area contributed by atoms with Crippen LogP contribution in [0.1, 0.15) is 18.4 Å². The van der Waals surface area contributed by atoms with Crippen molar-refractivity contribution in [1.82, 2.24) is 15.0 Å². The van der Waals surface area contributed by atoms with Crippen molar-refractivity contribution in [3.63, 3.8) is 0 Å². The van der Waals surface area contributed by atoms with Gasteiger partial charge in [-0.2, -0.15) is 0 Å². The Labute approximate surface area is 133 Å². The van der Waals surface area contributed by atoms with Crippen LogP contribution < -0.4 is 16.0 Å². The molecule has 1 atom stereocenters. The van der Waals surface area contributed by atoms with Crippen LogP contribution in [0.2, 0.25) is 0 Å². The average molecular weight is 313 g/mol. The third kappa shape index (κ3) is 3.54. The third-order valence-electron chi connectivity index (χ3n) is 3.75. The molecule has 2 aromatic heterocycles. The van der Waals surface area contributed by atoms with E-state index in [0.29, 0.717) is 29.4 Å². The van der Waals surface area contributed by atoms with E-state index >= 15 is 0 Å². The normalized spacial score (nSPS) is 17.8. The lowest BCUT2D eigenvalue weighted by Gasteiger charge is -2.31. The molecule has 0 bridgehead atoms. The second kappa shape index (κ2) is 6.57. The van der Waals surface area contributed by atoms with Gasteiger partial charge in [0, 0.05) is 48.9 Å². The van der Waals surface area contributed by atoms with Crippen LogP contribution in [0.5, 0.6) is 0 Å². The molecule has 0 aromatic carbocycles. The number of nitrogens with two attached hydrogens (primary N) is 1. The first-order valence-corrected chi connectivity index (χ1v) is 7.44. The minimum absolute atomic E-state index is 0.315. The highest BCUT2D eigenvalue weighted by Gasteiger charge is 2.19. The van der Waals surface area contributed by atoms with Gasteiger partial charge < -0.3 is 26.5 Å². The van der Waals surface area contributed by atoms with Crippen LogP contribution in [0.25, 0.3) is 0 Å². The lowest BCUT2D eigenvalue weighted by atomic mass is 10.1. The Kier molecular flexibility index (Phi) is 4.33. The Bertz CT molecular complexity index is 706. The number of aliphatic hydroxyl groups excluding tert-OH is 1. The summed E-state index contributed by atoms with van der Waals surface area (Å²) in [5, 5.41) is 20.1. The topological polar surface area (TPSA) is 124 Å². The molecule has 1 saturated heterocycles. The Morgan fingerprint density at radius 2 is 2.13 bits per heavy atom. The van der Waals surface area contributed by atoms with Crippen LogP contribution in [0.4, 0.5) is 23.1 Å². The predicted molar refractivity (Wildman–Crippen MR) is 89.3 cm³/mol. The molecule has 8 heteroatoms. The maximum Gasteiger partial charge on any atom is 0.137 e. The molecular formula is C15H19N7O. The lowest BCUT2D eigenvalue weighted by molar-refractivity contribution is 0.154. The molecule has 1 fully saturated rings. The molecule has 0 aliphatic carbocycles. The van der Waals surface area contributed by atoms with E-state index in [2.05, 4.69) is 20.3 Å². The van der Waals surface area contributed by atoms with E-state index in [9.17, 15) is 5.11 Å². The standard InChI is InChI=1S/C15H19N7O/c16-6-10-7-18-13(4-12(10)17)21-14-5-15(20-9-19-14)22-3-1-2-11(23)8-22/h4-7,9,11,16,23H,1-3,8H2,(H3,17,18,19,20,21)/t11-/m1/s1. The minimum atomic E-state index is -0.315. The number of hydrogen-bond donors (Lipinski definition) is 4. The van der Waals surface area contributed by atoms with Gasteiger partial charge in [-0.1, -0.05) is 0 Å². The van der Waals surface area contributed by atoms with E-state index in [-0.39, 0.29) is 6.10 Å². The number of anilines is 4. The first kappa shape index (κ1) is 15.2. The summed E-state index contributed by atoms with van der Waals surface area (Å²) >= 11 is 0. The molecule has 2 aromatic rings. The SMILES string of the molecule is N=Cc1cnc(Nc2cc(N3CCC[C@@H](O)C3)ncn2)cc1N. The van der Waals surface area contributed by atoms with Crippen molar-refractivity contribution < 1.29 is 5.11 Å². The van der Waals surface area contributed by atoms with Gasteiger partial charge in [-0.25, -0.2) is 15.0 Å². The largest absolute Gasteiger partial charge is 0.398 e. The zero-order valence-corrected chi connectivity index (χ0v) is 12.6. The Morgan fingerprint density at radius 3 is 2.87 bits per heavy atom. The number of rotatable bonds is 4. The van der Waals surface area contributed by atoms with Crippen molar-refractivity contribution in [1.29, 1.82) is 5.41 Å². The van der Waals surface area contributed by atoms with Crippen molar-refractivity contribution >= 4 is 29.4 Å². The molecule has 3 rings (SSSR count). The molecule has 0 spiro atoms. The molecule has 0 radical (unpaired) electrons. The van der Waals surface area contributed by atoms with Gasteiger partial charge in [-0.05, 0) is 12.8 Å². The van der Waals surface area contributed by atoms with Gasteiger partial charge in [-0.15, -0.1) is 0 Å². The quantitative estimate of drug-likeness (QED) is 0.624. The Hall–Kier alpha value is -2.74. The first-order valence-electron chi connectivity index (χ1n) is 7.44. The van der Waals surface area contributed by atoms with Crippen molar-refractivity contribution in [3.05, 3.63) is 30.2 Å². The summed E-state index contributed by atoms with van der Waals surface area (Å²) in [6.07, 6.45) is 5.63. The highest BCUT2D eigenvalue weighted by molar-refractivity contribution is 5.85. The van der Waals surface area contributed by atoms with Crippen molar-refractivity contribution in [2.24, 2.45) is 0 Å². The molecule has 0 saturated carbocycles. The molecule has 8 nitrogen and oxygen atoms in total. The molecule has 5 N–H and O–H groups in total. The Morgan fingerprint density at radius 1 is 1.30 bits per heavy atom. The molecule has 1 aliphatic heterocycles. The number of aliphatic hydroxyl groups is 1. The smallest absolute Gasteiger partial charge is 0.137 e. The summed E-state index contributed by atoms with van der Waals surface area (Å²) < 4.78 is 0.